The molecule has 1 aromatic heterocycles. The van der Waals surface area contributed by atoms with E-state index in [9.17, 15) is 15.0 Å². The maximum absolute atomic E-state index is 11.4. The van der Waals surface area contributed by atoms with Crippen molar-refractivity contribution >= 4 is 22.6 Å². The van der Waals surface area contributed by atoms with E-state index in [0.717, 1.165) is 18.8 Å². The number of carbonyl (C=O) groups is 1. The molecule has 2 aromatic rings. The number of hydrogen-bond donors (Lipinski definition) is 2. The van der Waals surface area contributed by atoms with Crippen molar-refractivity contribution in [2.45, 2.75) is 26.4 Å². The van der Waals surface area contributed by atoms with Gasteiger partial charge in [0.25, 0.3) is 0 Å². The first-order valence-corrected chi connectivity index (χ1v) is 7.90. The number of aromatic carboxylic acids is 1. The molecule has 3 atom stereocenters. The summed E-state index contributed by atoms with van der Waals surface area (Å²) in [4.78, 5) is 17.9. The second-order valence-corrected chi connectivity index (χ2v) is 6.80. The Bertz CT molecular complexity index is 743. The number of aromatic nitrogens is 1. The predicted molar refractivity (Wildman–Crippen MR) is 89.9 cm³/mol. The molecular weight excluding hydrogens is 292 g/mol. The molecular formula is C18H22N2O3. The molecule has 1 saturated heterocycles. The molecule has 0 radical (unpaired) electrons. The van der Waals surface area contributed by atoms with Crippen molar-refractivity contribution in [1.29, 1.82) is 0 Å². The van der Waals surface area contributed by atoms with E-state index in [4.69, 9.17) is 0 Å². The van der Waals surface area contributed by atoms with Crippen LogP contribution in [0.25, 0.3) is 10.9 Å². The second-order valence-electron chi connectivity index (χ2n) is 6.80. The van der Waals surface area contributed by atoms with Crippen molar-refractivity contribution in [2.75, 3.05) is 18.0 Å². The summed E-state index contributed by atoms with van der Waals surface area (Å²) in [6.45, 7) is 7.48. The fourth-order valence-corrected chi connectivity index (χ4v) is 3.32. The zero-order valence-electron chi connectivity index (χ0n) is 13.7. The van der Waals surface area contributed by atoms with Crippen molar-refractivity contribution in [1.82, 2.24) is 4.98 Å². The number of nitrogens with zero attached hydrogens (tertiary/aromatic N) is 2. The van der Waals surface area contributed by atoms with Crippen LogP contribution in [0.4, 0.5) is 5.69 Å². The summed E-state index contributed by atoms with van der Waals surface area (Å²) >= 11 is 0. The van der Waals surface area contributed by atoms with Crippen LogP contribution in [0, 0.1) is 11.8 Å². The van der Waals surface area contributed by atoms with Gasteiger partial charge in [-0.3, -0.25) is 4.98 Å². The van der Waals surface area contributed by atoms with E-state index in [1.54, 1.807) is 0 Å². The highest BCUT2D eigenvalue weighted by atomic mass is 16.4. The highest BCUT2D eigenvalue weighted by molar-refractivity contribution is 6.03. The third-order valence-corrected chi connectivity index (χ3v) is 5.30. The first kappa shape index (κ1) is 15.7. The second kappa shape index (κ2) is 5.49. The van der Waals surface area contributed by atoms with Gasteiger partial charge in [-0.15, -0.1) is 0 Å². The van der Waals surface area contributed by atoms with E-state index in [-0.39, 0.29) is 17.4 Å². The summed E-state index contributed by atoms with van der Waals surface area (Å²) in [5, 5.41) is 20.6. The van der Waals surface area contributed by atoms with Crippen molar-refractivity contribution in [3.8, 4) is 0 Å². The predicted octanol–water partition coefficient (Wildman–Crippen LogP) is 2.78. The van der Waals surface area contributed by atoms with Gasteiger partial charge in [-0.25, -0.2) is 4.79 Å². The summed E-state index contributed by atoms with van der Waals surface area (Å²) < 4.78 is 0. The maximum Gasteiger partial charge on any atom is 0.336 e. The number of rotatable bonds is 2. The molecule has 0 bridgehead atoms. The Morgan fingerprint density at radius 1 is 1.26 bits per heavy atom. The van der Waals surface area contributed by atoms with Crippen LogP contribution in [0.1, 0.15) is 31.1 Å². The van der Waals surface area contributed by atoms with Gasteiger partial charge in [0.05, 0.1) is 16.7 Å². The molecule has 2 N–H and O–H groups in total. The van der Waals surface area contributed by atoms with Gasteiger partial charge in [-0.1, -0.05) is 13.8 Å². The van der Waals surface area contributed by atoms with Crippen molar-refractivity contribution in [3.05, 3.63) is 36.0 Å². The monoisotopic (exact) mass is 314 g/mol. The number of hydrogen-bond acceptors (Lipinski definition) is 4. The molecule has 0 amide bonds. The molecule has 1 fully saturated rings. The maximum atomic E-state index is 11.4. The molecule has 1 aromatic carbocycles. The molecule has 1 unspecified atom stereocenters. The number of anilines is 1. The third-order valence-electron chi connectivity index (χ3n) is 5.30. The normalized spacial score (nSPS) is 28.1. The van der Waals surface area contributed by atoms with Crippen molar-refractivity contribution in [2.24, 2.45) is 11.8 Å². The number of pyridine rings is 1. The highest BCUT2D eigenvalue weighted by Crippen LogP contribution is 2.35. The molecule has 5 nitrogen and oxygen atoms in total. The summed E-state index contributed by atoms with van der Waals surface area (Å²) in [5.74, 6) is -0.678. The van der Waals surface area contributed by atoms with Gasteiger partial charge in [-0.05, 0) is 31.2 Å². The summed E-state index contributed by atoms with van der Waals surface area (Å²) in [6, 6.07) is 7.26. The number of aliphatic hydroxyl groups is 1. The first-order valence-electron chi connectivity index (χ1n) is 7.90. The van der Waals surface area contributed by atoms with Gasteiger partial charge >= 0.3 is 5.97 Å². The standard InChI is InChI=1S/C18H22N2O3/c1-11-9-20(10-12(2)18(11,3)23)13-4-5-16-15(8-13)14(17(21)22)6-7-19-16/h4-8,11-12,23H,9-10H2,1-3H3,(H,21,22)/t11-,12+,18?. The van der Waals surface area contributed by atoms with E-state index >= 15 is 0 Å². The zero-order chi connectivity index (χ0) is 16.8. The molecule has 2 heterocycles. The number of carboxylic acids is 1. The van der Waals surface area contributed by atoms with Crippen LogP contribution < -0.4 is 4.90 Å². The Morgan fingerprint density at radius 2 is 1.91 bits per heavy atom. The van der Waals surface area contributed by atoms with Gasteiger partial charge in [0.1, 0.15) is 0 Å². The number of piperidine rings is 1. The minimum absolute atomic E-state index is 0.134. The topological polar surface area (TPSA) is 73.7 Å². The van der Waals surface area contributed by atoms with Gasteiger partial charge < -0.3 is 15.1 Å². The zero-order valence-corrected chi connectivity index (χ0v) is 13.7. The fourth-order valence-electron chi connectivity index (χ4n) is 3.32. The van der Waals surface area contributed by atoms with Crippen LogP contribution >= 0.6 is 0 Å². The summed E-state index contributed by atoms with van der Waals surface area (Å²) in [7, 11) is 0. The molecule has 0 saturated carbocycles. The average Bonchev–Trinajstić information content (AvgIpc) is 2.51. The molecule has 3 rings (SSSR count). The minimum atomic E-state index is -0.946. The number of benzene rings is 1. The minimum Gasteiger partial charge on any atom is -0.478 e. The lowest BCUT2D eigenvalue weighted by molar-refractivity contribution is -0.0503. The van der Waals surface area contributed by atoms with E-state index < -0.39 is 11.6 Å². The smallest absolute Gasteiger partial charge is 0.336 e. The van der Waals surface area contributed by atoms with Crippen LogP contribution in [0.5, 0.6) is 0 Å². The quantitative estimate of drug-likeness (QED) is 0.891. The van der Waals surface area contributed by atoms with Gasteiger partial charge in [0.2, 0.25) is 0 Å². The van der Waals surface area contributed by atoms with Crippen LogP contribution in [0.2, 0.25) is 0 Å². The Hall–Kier alpha value is -2.14. The van der Waals surface area contributed by atoms with Crippen LogP contribution in [0.15, 0.2) is 30.5 Å². The van der Waals surface area contributed by atoms with E-state index in [1.165, 1.54) is 12.3 Å². The summed E-state index contributed by atoms with van der Waals surface area (Å²) in [6.07, 6.45) is 1.52. The van der Waals surface area contributed by atoms with Crippen LogP contribution in [0.3, 0.4) is 0 Å². The molecule has 1 aliphatic rings. The Morgan fingerprint density at radius 3 is 2.52 bits per heavy atom. The van der Waals surface area contributed by atoms with Crippen LogP contribution in [-0.2, 0) is 0 Å². The lowest BCUT2D eigenvalue weighted by Gasteiger charge is -2.46. The largest absolute Gasteiger partial charge is 0.478 e. The SMILES string of the molecule is C[C@@H]1CN(c2ccc3nccc(C(=O)O)c3c2)C[C@H](C)C1(C)O. The first-order chi connectivity index (χ1) is 10.8. The number of carboxylic acid groups (broad SMARTS) is 1. The Labute approximate surface area is 135 Å². The van der Waals surface area contributed by atoms with E-state index in [0.29, 0.717) is 10.9 Å². The van der Waals surface area contributed by atoms with Crippen molar-refractivity contribution in [3.63, 3.8) is 0 Å². The average molecular weight is 314 g/mol. The van der Waals surface area contributed by atoms with Crippen molar-refractivity contribution < 1.29 is 15.0 Å². The lowest BCUT2D eigenvalue weighted by atomic mass is 9.76. The molecule has 23 heavy (non-hydrogen) atoms. The molecule has 0 aliphatic carbocycles. The Balaban J connectivity index is 2.01. The molecule has 122 valence electrons. The highest BCUT2D eigenvalue weighted by Gasteiger charge is 2.40. The molecule has 5 heteroatoms. The summed E-state index contributed by atoms with van der Waals surface area (Å²) in [5.41, 5.74) is 1.24. The van der Waals surface area contributed by atoms with Crippen LogP contribution in [-0.4, -0.2) is 39.9 Å². The molecule has 1 aliphatic heterocycles. The van der Waals surface area contributed by atoms with Gasteiger partial charge in [-0.2, -0.15) is 0 Å². The number of fused-ring (bicyclic) bond motifs is 1. The van der Waals surface area contributed by atoms with E-state index in [2.05, 4.69) is 9.88 Å². The molecule has 0 spiro atoms. The Kier molecular flexibility index (Phi) is 3.76. The fraction of sp³-hybridized carbons (Fsp3) is 0.444. The third kappa shape index (κ3) is 2.65. The lowest BCUT2D eigenvalue weighted by Crippen LogP contribution is -2.54. The van der Waals surface area contributed by atoms with E-state index in [1.807, 2.05) is 39.0 Å². The van der Waals surface area contributed by atoms with Gasteiger partial charge in [0.15, 0.2) is 0 Å². The van der Waals surface area contributed by atoms with Gasteiger partial charge in [0, 0.05) is 42.2 Å².